The highest BCUT2D eigenvalue weighted by Crippen LogP contribution is 2.30. The molecule has 0 aromatic heterocycles. The third-order valence-corrected chi connectivity index (χ3v) is 5.77. The summed E-state index contributed by atoms with van der Waals surface area (Å²) in [6, 6.07) is 1.86. The van der Waals surface area contributed by atoms with Crippen molar-refractivity contribution in [2.45, 2.75) is 57.3 Å². The Morgan fingerprint density at radius 3 is 2.68 bits per heavy atom. The van der Waals surface area contributed by atoms with E-state index < -0.39 is 28.2 Å². The molecular weight excluding hydrogens is 308 g/mol. The van der Waals surface area contributed by atoms with Gasteiger partial charge in [0.2, 0.25) is 10.0 Å². The smallest absolute Gasteiger partial charge is 0.335 e. The highest BCUT2D eigenvalue weighted by Gasteiger charge is 2.39. The van der Waals surface area contributed by atoms with Gasteiger partial charge in [0.15, 0.2) is 6.10 Å². The Labute approximate surface area is 131 Å². The molecule has 2 atom stereocenters. The van der Waals surface area contributed by atoms with Gasteiger partial charge in [0, 0.05) is 6.04 Å². The molecule has 1 aliphatic heterocycles. The van der Waals surface area contributed by atoms with Crippen molar-refractivity contribution in [3.05, 3.63) is 0 Å². The minimum absolute atomic E-state index is 0.0471. The Kier molecular flexibility index (Phi) is 5.78. The fraction of sp³-hybridized carbons (Fsp3) is 0.857. The number of nitriles is 1. The van der Waals surface area contributed by atoms with Crippen LogP contribution in [0.3, 0.4) is 0 Å². The normalized spacial score (nSPS) is 25.7. The average molecular weight is 330 g/mol. The minimum Gasteiger partial charge on any atom is -0.464 e. The first-order valence-electron chi connectivity index (χ1n) is 7.66. The molecule has 0 radical (unpaired) electrons. The first kappa shape index (κ1) is 17.2. The molecule has 0 aromatic carbocycles. The van der Waals surface area contributed by atoms with Crippen molar-refractivity contribution < 1.29 is 22.7 Å². The monoisotopic (exact) mass is 330 g/mol. The van der Waals surface area contributed by atoms with E-state index in [9.17, 15) is 13.2 Å². The number of esters is 1. The molecule has 124 valence electrons. The first-order valence-corrected chi connectivity index (χ1v) is 9.27. The summed E-state index contributed by atoms with van der Waals surface area (Å²) in [5.74, 6) is -0.609. The highest BCUT2D eigenvalue weighted by atomic mass is 32.2. The summed E-state index contributed by atoms with van der Waals surface area (Å²) in [5.41, 5.74) is 0. The number of carbonyl (C=O) groups excluding carboxylic acids is 1. The van der Waals surface area contributed by atoms with E-state index in [1.165, 1.54) is 4.31 Å². The summed E-state index contributed by atoms with van der Waals surface area (Å²) in [4.78, 5) is 11.7. The van der Waals surface area contributed by atoms with Gasteiger partial charge in [-0.2, -0.15) is 9.57 Å². The van der Waals surface area contributed by atoms with E-state index in [1.54, 1.807) is 6.92 Å². The molecular formula is C14H22N2O5S. The Morgan fingerprint density at radius 2 is 2.09 bits per heavy atom. The number of hydrogen-bond acceptors (Lipinski definition) is 6. The van der Waals surface area contributed by atoms with Crippen molar-refractivity contribution in [2.24, 2.45) is 0 Å². The third kappa shape index (κ3) is 4.41. The topological polar surface area (TPSA) is 96.7 Å². The molecule has 0 spiro atoms. The summed E-state index contributed by atoms with van der Waals surface area (Å²) in [6.45, 7) is 1.87. The molecule has 22 heavy (non-hydrogen) atoms. The van der Waals surface area contributed by atoms with Crippen LogP contribution < -0.4 is 0 Å². The Hall–Kier alpha value is -1.17. The van der Waals surface area contributed by atoms with Gasteiger partial charge >= 0.3 is 5.97 Å². The second-order valence-electron chi connectivity index (χ2n) is 5.64. The molecule has 2 rings (SSSR count). The second kappa shape index (κ2) is 7.40. The fourth-order valence-corrected chi connectivity index (χ4v) is 4.47. The molecule has 7 nitrogen and oxygen atoms in total. The van der Waals surface area contributed by atoms with E-state index in [-0.39, 0.29) is 24.9 Å². The molecule has 1 saturated carbocycles. The zero-order chi connectivity index (χ0) is 16.2. The lowest BCUT2D eigenvalue weighted by Gasteiger charge is -2.30. The van der Waals surface area contributed by atoms with Crippen molar-refractivity contribution >= 4 is 16.0 Å². The van der Waals surface area contributed by atoms with Crippen LogP contribution in [0.4, 0.5) is 0 Å². The van der Waals surface area contributed by atoms with Crippen LogP contribution in [0.25, 0.3) is 0 Å². The fourth-order valence-electron chi connectivity index (χ4n) is 2.65. The predicted octanol–water partition coefficient (Wildman–Crippen LogP) is 0.805. The maximum Gasteiger partial charge on any atom is 0.335 e. The summed E-state index contributed by atoms with van der Waals surface area (Å²) in [6.07, 6.45) is 2.29. The minimum atomic E-state index is -3.55. The van der Waals surface area contributed by atoms with Gasteiger partial charge in [-0.15, -0.1) is 0 Å². The first-order chi connectivity index (χ1) is 10.5. The van der Waals surface area contributed by atoms with E-state index in [0.717, 1.165) is 19.3 Å². The van der Waals surface area contributed by atoms with Crippen LogP contribution in [0.2, 0.25) is 0 Å². The maximum absolute atomic E-state index is 12.5. The molecule has 1 heterocycles. The van der Waals surface area contributed by atoms with Gasteiger partial charge in [0.05, 0.1) is 24.5 Å². The SMILES string of the molecule is CCOC(=O)[C@@H]1CCC[C@@H](CS(=O)(=O)N(CC#N)C2CC2)O1. The molecule has 0 unspecified atom stereocenters. The van der Waals surface area contributed by atoms with Crippen LogP contribution in [0, 0.1) is 11.3 Å². The van der Waals surface area contributed by atoms with Crippen LogP contribution in [-0.2, 0) is 24.3 Å². The van der Waals surface area contributed by atoms with Gasteiger partial charge in [-0.3, -0.25) is 0 Å². The van der Waals surface area contributed by atoms with Crippen molar-refractivity contribution in [1.29, 1.82) is 5.26 Å². The molecule has 0 amide bonds. The van der Waals surface area contributed by atoms with E-state index in [1.807, 2.05) is 6.07 Å². The van der Waals surface area contributed by atoms with Crippen LogP contribution in [0.15, 0.2) is 0 Å². The van der Waals surface area contributed by atoms with Crippen LogP contribution in [0.1, 0.15) is 39.0 Å². The van der Waals surface area contributed by atoms with E-state index in [2.05, 4.69) is 0 Å². The van der Waals surface area contributed by atoms with Crippen molar-refractivity contribution in [1.82, 2.24) is 4.31 Å². The number of hydrogen-bond donors (Lipinski definition) is 0. The average Bonchev–Trinajstić information content (AvgIpc) is 3.29. The lowest BCUT2D eigenvalue weighted by Crippen LogP contribution is -2.43. The zero-order valence-electron chi connectivity index (χ0n) is 12.7. The van der Waals surface area contributed by atoms with Gasteiger partial charge in [-0.25, -0.2) is 13.2 Å². The summed E-state index contributed by atoms with van der Waals surface area (Å²) in [5, 5.41) is 8.81. The van der Waals surface area contributed by atoms with Crippen molar-refractivity contribution in [3.8, 4) is 6.07 Å². The van der Waals surface area contributed by atoms with E-state index in [0.29, 0.717) is 12.8 Å². The number of rotatable bonds is 7. The Morgan fingerprint density at radius 1 is 1.36 bits per heavy atom. The standard InChI is InChI=1S/C14H22N2O5S/c1-2-20-14(17)13-5-3-4-12(21-13)10-22(18,19)16(9-8-15)11-6-7-11/h11-13H,2-7,9-10H2,1H3/t12-,13-/m0/s1. The Bertz CT molecular complexity index is 538. The van der Waals surface area contributed by atoms with Gasteiger partial charge in [-0.1, -0.05) is 0 Å². The number of sulfonamides is 1. The van der Waals surface area contributed by atoms with Crippen LogP contribution in [-0.4, -0.2) is 55.8 Å². The number of carbonyl (C=O) groups is 1. The predicted molar refractivity (Wildman–Crippen MR) is 78.3 cm³/mol. The van der Waals surface area contributed by atoms with Crippen molar-refractivity contribution in [3.63, 3.8) is 0 Å². The maximum atomic E-state index is 12.5. The lowest BCUT2D eigenvalue weighted by molar-refractivity contribution is -0.164. The van der Waals surface area contributed by atoms with Crippen LogP contribution in [0.5, 0.6) is 0 Å². The molecule has 0 N–H and O–H groups in total. The van der Waals surface area contributed by atoms with E-state index in [4.69, 9.17) is 14.7 Å². The number of ether oxygens (including phenoxy) is 2. The van der Waals surface area contributed by atoms with E-state index >= 15 is 0 Å². The van der Waals surface area contributed by atoms with Crippen molar-refractivity contribution in [2.75, 3.05) is 18.9 Å². The molecule has 0 bridgehead atoms. The number of nitrogens with zero attached hydrogens (tertiary/aromatic N) is 2. The molecule has 8 heteroatoms. The van der Waals surface area contributed by atoms with Gasteiger partial charge in [0.25, 0.3) is 0 Å². The molecule has 1 aliphatic carbocycles. The lowest BCUT2D eigenvalue weighted by atomic mass is 10.1. The zero-order valence-corrected chi connectivity index (χ0v) is 13.5. The summed E-state index contributed by atoms with van der Waals surface area (Å²) < 4.78 is 36.7. The Balaban J connectivity index is 1.96. The molecule has 1 saturated heterocycles. The molecule has 2 aliphatic rings. The molecule has 2 fully saturated rings. The molecule has 0 aromatic rings. The summed E-state index contributed by atoms with van der Waals surface area (Å²) in [7, 11) is -3.55. The third-order valence-electron chi connectivity index (χ3n) is 3.83. The largest absolute Gasteiger partial charge is 0.464 e. The van der Waals surface area contributed by atoms with Gasteiger partial charge < -0.3 is 9.47 Å². The van der Waals surface area contributed by atoms with Crippen LogP contribution >= 0.6 is 0 Å². The second-order valence-corrected chi connectivity index (χ2v) is 7.61. The van der Waals surface area contributed by atoms with Gasteiger partial charge in [0.1, 0.15) is 6.54 Å². The quantitative estimate of drug-likeness (QED) is 0.506. The highest BCUT2D eigenvalue weighted by molar-refractivity contribution is 7.89. The van der Waals surface area contributed by atoms with Gasteiger partial charge in [-0.05, 0) is 39.0 Å². The summed E-state index contributed by atoms with van der Waals surface area (Å²) >= 11 is 0.